The van der Waals surface area contributed by atoms with E-state index in [9.17, 15) is 0 Å². The molecule has 0 aromatic heterocycles. The molecule has 0 spiro atoms. The van der Waals surface area contributed by atoms with Crippen LogP contribution >= 0.6 is 36.9 Å². The molecule has 1 aliphatic rings. The third-order valence-electron chi connectivity index (χ3n) is 2.95. The predicted molar refractivity (Wildman–Crippen MR) is 87.7 cm³/mol. The van der Waals surface area contributed by atoms with Gasteiger partial charge in [0.25, 0.3) is 0 Å². The summed E-state index contributed by atoms with van der Waals surface area (Å²) < 4.78 is 0. The van der Waals surface area contributed by atoms with Crippen molar-refractivity contribution in [2.24, 2.45) is 0 Å². The molecule has 0 aromatic rings. The summed E-state index contributed by atoms with van der Waals surface area (Å²) in [6.07, 6.45) is 16.4. The fourth-order valence-electron chi connectivity index (χ4n) is 1.94. The van der Waals surface area contributed by atoms with Gasteiger partial charge in [0.15, 0.2) is 0 Å². The molecule has 0 amide bonds. The molecule has 0 bridgehead atoms. The lowest BCUT2D eigenvalue weighted by molar-refractivity contribution is 0.564. The predicted octanol–water partition coefficient (Wildman–Crippen LogP) is 6.47. The van der Waals surface area contributed by atoms with E-state index < -0.39 is 0 Å². The average molecular weight is 296 g/mol. The van der Waals surface area contributed by atoms with Gasteiger partial charge in [-0.2, -0.15) is 0 Å². The van der Waals surface area contributed by atoms with Crippen LogP contribution in [0.5, 0.6) is 0 Å². The van der Waals surface area contributed by atoms with Crippen molar-refractivity contribution in [3.63, 3.8) is 0 Å². The molecule has 0 radical (unpaired) electrons. The molecule has 0 nitrogen and oxygen atoms in total. The lowest BCUT2D eigenvalue weighted by atomic mass is 10.1. The second kappa shape index (κ2) is 13.0. The van der Waals surface area contributed by atoms with Crippen molar-refractivity contribution in [1.82, 2.24) is 0 Å². The first-order chi connectivity index (χ1) is 8.00. The molecule has 4 heteroatoms. The van der Waals surface area contributed by atoms with E-state index in [1.165, 1.54) is 91.9 Å². The smallest absolute Gasteiger partial charge is 0.00401 e. The van der Waals surface area contributed by atoms with Crippen LogP contribution in [0.15, 0.2) is 0 Å². The molecule has 1 aliphatic heterocycles. The summed E-state index contributed by atoms with van der Waals surface area (Å²) in [5.74, 6) is 1.39. The minimum absolute atomic E-state index is 1.18. The second-order valence-corrected chi connectivity index (χ2v) is 12.6. The summed E-state index contributed by atoms with van der Waals surface area (Å²) in [5, 5.41) is 0. The Balaban J connectivity index is 2.00. The molecular formula is C12H26P2S2. The van der Waals surface area contributed by atoms with Crippen molar-refractivity contribution < 1.29 is 0 Å². The van der Waals surface area contributed by atoms with Gasteiger partial charge in [-0.15, -0.1) is 0 Å². The number of hydrogen-bond donors (Lipinski definition) is 0. The topological polar surface area (TPSA) is 0 Å². The van der Waals surface area contributed by atoms with E-state index in [0.717, 1.165) is 0 Å². The average Bonchev–Trinajstić information content (AvgIpc) is 2.29. The molecule has 1 heterocycles. The van der Waals surface area contributed by atoms with Gasteiger partial charge >= 0.3 is 0 Å². The van der Waals surface area contributed by atoms with E-state index in [0.29, 0.717) is 0 Å². The van der Waals surface area contributed by atoms with Gasteiger partial charge in [0.05, 0.1) is 0 Å². The van der Waals surface area contributed by atoms with Crippen LogP contribution in [0.4, 0.5) is 0 Å². The zero-order chi connectivity index (χ0) is 11.3. The Morgan fingerprint density at radius 1 is 0.625 bits per heavy atom. The first-order valence-corrected chi connectivity index (χ1v) is 13.0. The van der Waals surface area contributed by atoms with Gasteiger partial charge < -0.3 is 0 Å². The molecule has 0 N–H and O–H groups in total. The quantitative estimate of drug-likeness (QED) is 0.371. The molecular weight excluding hydrogens is 270 g/mol. The standard InChI is InChI=1S/C12H26P2S2/c1-2-4-6-8-10-12-15-16-14-13-11-9-7-5-3-1/h13-14H,1-12H2. The van der Waals surface area contributed by atoms with Gasteiger partial charge in [0, 0.05) is 5.75 Å². The zero-order valence-electron chi connectivity index (χ0n) is 10.3. The fourth-order valence-corrected chi connectivity index (χ4v) is 10.7. The van der Waals surface area contributed by atoms with E-state index in [4.69, 9.17) is 0 Å². The first-order valence-electron chi connectivity index (χ1n) is 6.76. The number of rotatable bonds is 0. The highest BCUT2D eigenvalue weighted by molar-refractivity contribution is 9.02. The highest BCUT2D eigenvalue weighted by atomic mass is 33.4. The molecule has 1 fully saturated rings. The normalized spacial score (nSPS) is 27.0. The van der Waals surface area contributed by atoms with Crippen LogP contribution in [0, 0.1) is 0 Å². The van der Waals surface area contributed by atoms with Crippen molar-refractivity contribution in [3.05, 3.63) is 0 Å². The molecule has 1 saturated heterocycles. The van der Waals surface area contributed by atoms with Crippen LogP contribution < -0.4 is 0 Å². The van der Waals surface area contributed by atoms with Crippen LogP contribution in [-0.2, 0) is 0 Å². The Labute approximate surface area is 113 Å². The Morgan fingerprint density at radius 3 is 1.88 bits per heavy atom. The maximum absolute atomic E-state index is 2.15. The van der Waals surface area contributed by atoms with E-state index in [1.54, 1.807) is 0 Å². The maximum atomic E-state index is 2.15. The fraction of sp³-hybridized carbons (Fsp3) is 1.00. The summed E-state index contributed by atoms with van der Waals surface area (Å²) in [4.78, 5) is 0. The Morgan fingerprint density at radius 2 is 1.19 bits per heavy atom. The highest BCUT2D eigenvalue weighted by Gasteiger charge is 1.96. The molecule has 0 aromatic carbocycles. The third kappa shape index (κ3) is 10.7. The van der Waals surface area contributed by atoms with E-state index in [1.807, 2.05) is 0 Å². The van der Waals surface area contributed by atoms with Gasteiger partial charge in [-0.1, -0.05) is 80.8 Å². The lowest BCUT2D eigenvalue weighted by Crippen LogP contribution is -1.84. The van der Waals surface area contributed by atoms with Crippen LogP contribution in [-0.4, -0.2) is 11.9 Å². The largest absolute Gasteiger partial charge is 0.0895 e. The van der Waals surface area contributed by atoms with Gasteiger partial charge in [0.1, 0.15) is 0 Å². The Bertz CT molecular complexity index is 81.0. The van der Waals surface area contributed by atoms with Crippen LogP contribution in [0.1, 0.15) is 64.2 Å². The van der Waals surface area contributed by atoms with Crippen molar-refractivity contribution in [1.29, 1.82) is 0 Å². The summed E-state index contributed by atoms with van der Waals surface area (Å²) in [7, 11) is 6.69. The summed E-state index contributed by atoms with van der Waals surface area (Å²) in [5.41, 5.74) is 0. The van der Waals surface area contributed by atoms with Crippen molar-refractivity contribution in [3.8, 4) is 0 Å². The molecule has 96 valence electrons. The van der Waals surface area contributed by atoms with Gasteiger partial charge in [-0.3, -0.25) is 0 Å². The van der Waals surface area contributed by atoms with E-state index in [-0.39, 0.29) is 0 Å². The molecule has 0 saturated carbocycles. The second-order valence-electron chi connectivity index (χ2n) is 4.47. The van der Waals surface area contributed by atoms with E-state index in [2.05, 4.69) is 21.2 Å². The van der Waals surface area contributed by atoms with Crippen LogP contribution in [0.3, 0.4) is 0 Å². The summed E-state index contributed by atoms with van der Waals surface area (Å²) in [6.45, 7) is 0. The SMILES string of the molecule is C1CCCCCCSSPPCCCCC1. The minimum atomic E-state index is 1.18. The van der Waals surface area contributed by atoms with Gasteiger partial charge in [-0.05, 0) is 26.5 Å². The molecule has 1 rings (SSSR count). The first kappa shape index (κ1) is 15.6. The molecule has 2 unspecified atom stereocenters. The summed E-state index contributed by atoms with van der Waals surface area (Å²) >= 11 is 0. The van der Waals surface area contributed by atoms with Crippen LogP contribution in [0.2, 0.25) is 0 Å². The third-order valence-corrected chi connectivity index (χ3v) is 12.0. The number of hydrogen-bond acceptors (Lipinski definition) is 2. The Hall–Kier alpha value is 1.56. The van der Waals surface area contributed by atoms with Crippen molar-refractivity contribution in [2.75, 3.05) is 11.9 Å². The van der Waals surface area contributed by atoms with Crippen LogP contribution in [0.25, 0.3) is 0 Å². The molecule has 0 aliphatic carbocycles. The minimum Gasteiger partial charge on any atom is -0.0895 e. The van der Waals surface area contributed by atoms with Gasteiger partial charge in [0.2, 0.25) is 0 Å². The zero-order valence-corrected chi connectivity index (χ0v) is 13.9. The highest BCUT2D eigenvalue weighted by Crippen LogP contribution is 2.54. The molecule has 16 heavy (non-hydrogen) atoms. The van der Waals surface area contributed by atoms with E-state index >= 15 is 0 Å². The van der Waals surface area contributed by atoms with Gasteiger partial charge in [-0.25, -0.2) is 0 Å². The maximum Gasteiger partial charge on any atom is 0.00401 e. The lowest BCUT2D eigenvalue weighted by Gasteiger charge is -2.05. The van der Waals surface area contributed by atoms with Crippen molar-refractivity contribution in [2.45, 2.75) is 64.2 Å². The molecule has 2 atom stereocenters. The summed E-state index contributed by atoms with van der Waals surface area (Å²) in [6, 6.07) is 0. The monoisotopic (exact) mass is 296 g/mol. The Kier molecular flexibility index (Phi) is 12.7. The van der Waals surface area contributed by atoms with Crippen molar-refractivity contribution >= 4 is 36.9 Å².